The van der Waals surface area contributed by atoms with Crippen molar-refractivity contribution in [1.82, 2.24) is 0 Å². The SMILES string of the molecule is O=C(O)CCCCCCCC(=O)O.O=C(O)c1ccc(C(=O)O)cc1.O=C(O)c1cccc(C(=O)O)c1. The fourth-order valence-electron chi connectivity index (χ4n) is 2.62. The van der Waals surface area contributed by atoms with Crippen LogP contribution in [0.4, 0.5) is 0 Å². The minimum atomic E-state index is -1.13. The lowest BCUT2D eigenvalue weighted by molar-refractivity contribution is -0.138. The molecule has 2 aromatic rings. The van der Waals surface area contributed by atoms with Crippen molar-refractivity contribution in [2.75, 3.05) is 0 Å². The molecule has 0 unspecified atom stereocenters. The Morgan fingerprint density at radius 2 is 0.730 bits per heavy atom. The summed E-state index contributed by atoms with van der Waals surface area (Å²) in [6.07, 6.45) is 4.53. The monoisotopic (exact) mass is 520 g/mol. The highest BCUT2D eigenvalue weighted by Gasteiger charge is 2.07. The average Bonchev–Trinajstić information content (AvgIpc) is 2.84. The smallest absolute Gasteiger partial charge is 0.335 e. The van der Waals surface area contributed by atoms with E-state index in [0.29, 0.717) is 12.8 Å². The van der Waals surface area contributed by atoms with E-state index in [1.54, 1.807) is 0 Å². The van der Waals surface area contributed by atoms with E-state index in [4.69, 9.17) is 30.6 Å². The van der Waals surface area contributed by atoms with Crippen LogP contribution >= 0.6 is 0 Å². The minimum absolute atomic E-state index is 0.0186. The van der Waals surface area contributed by atoms with Gasteiger partial charge in [-0.3, -0.25) is 9.59 Å². The fourth-order valence-corrected chi connectivity index (χ4v) is 2.62. The Bertz CT molecular complexity index is 993. The van der Waals surface area contributed by atoms with E-state index in [1.807, 2.05) is 0 Å². The molecule has 12 nitrogen and oxygen atoms in total. The summed E-state index contributed by atoms with van der Waals surface area (Å²) in [5.41, 5.74) is 0.129. The quantitative estimate of drug-likeness (QED) is 0.218. The molecule has 2 rings (SSSR count). The van der Waals surface area contributed by atoms with Crippen molar-refractivity contribution in [2.24, 2.45) is 0 Å². The Hall–Kier alpha value is -4.74. The standard InChI is InChI=1S/C9H16O4.2C8H6O4/c10-8(11)6-4-2-1-3-5-7-9(12)13;9-7(10)5-1-2-6(4-3-5)8(11)12;9-7(10)5-2-1-3-6(4-5)8(11)12/h1-7H2,(H,10,11)(H,12,13);2*1-4H,(H,9,10)(H,11,12). The van der Waals surface area contributed by atoms with E-state index < -0.39 is 35.8 Å². The van der Waals surface area contributed by atoms with Gasteiger partial charge < -0.3 is 30.6 Å². The largest absolute Gasteiger partial charge is 0.481 e. The first-order valence-electron chi connectivity index (χ1n) is 10.9. The summed E-state index contributed by atoms with van der Waals surface area (Å²) in [6, 6.07) is 10.2. The molecule has 200 valence electrons. The molecular formula is C25H28O12. The van der Waals surface area contributed by atoms with E-state index in [2.05, 4.69) is 0 Å². The third-order valence-corrected chi connectivity index (χ3v) is 4.52. The first-order chi connectivity index (χ1) is 17.3. The van der Waals surface area contributed by atoms with Crippen molar-refractivity contribution in [2.45, 2.75) is 44.9 Å². The Balaban J connectivity index is 0.000000526. The molecule has 0 fully saturated rings. The molecule has 0 atom stereocenters. The lowest BCUT2D eigenvalue weighted by atomic mass is 10.1. The molecule has 0 aromatic heterocycles. The highest BCUT2D eigenvalue weighted by molar-refractivity contribution is 5.93. The molecule has 12 heteroatoms. The van der Waals surface area contributed by atoms with Crippen LogP contribution in [0.2, 0.25) is 0 Å². The van der Waals surface area contributed by atoms with Crippen LogP contribution in [0.25, 0.3) is 0 Å². The number of aliphatic carboxylic acids is 2. The molecular weight excluding hydrogens is 492 g/mol. The molecule has 2 aromatic carbocycles. The molecule has 0 aliphatic carbocycles. The summed E-state index contributed by atoms with van der Waals surface area (Å²) in [7, 11) is 0. The summed E-state index contributed by atoms with van der Waals surface area (Å²) < 4.78 is 0. The van der Waals surface area contributed by atoms with Gasteiger partial charge in [0, 0.05) is 12.8 Å². The van der Waals surface area contributed by atoms with Gasteiger partial charge in [0.25, 0.3) is 0 Å². The van der Waals surface area contributed by atoms with Crippen LogP contribution in [-0.2, 0) is 9.59 Å². The Morgan fingerprint density at radius 3 is 1.00 bits per heavy atom. The molecule has 6 N–H and O–H groups in total. The van der Waals surface area contributed by atoms with Crippen molar-refractivity contribution in [3.05, 3.63) is 70.8 Å². The number of hydrogen-bond donors (Lipinski definition) is 6. The lowest BCUT2D eigenvalue weighted by Gasteiger charge is -1.97. The van der Waals surface area contributed by atoms with Crippen LogP contribution in [0, 0.1) is 0 Å². The predicted molar refractivity (Wildman–Crippen MR) is 128 cm³/mol. The zero-order valence-electron chi connectivity index (χ0n) is 19.7. The van der Waals surface area contributed by atoms with Crippen LogP contribution in [0.5, 0.6) is 0 Å². The normalized spacial score (nSPS) is 9.51. The van der Waals surface area contributed by atoms with Crippen molar-refractivity contribution in [3.63, 3.8) is 0 Å². The Labute approximate surface area is 211 Å². The molecule has 0 saturated carbocycles. The van der Waals surface area contributed by atoms with Crippen molar-refractivity contribution in [1.29, 1.82) is 0 Å². The zero-order chi connectivity index (χ0) is 28.4. The molecule has 0 aliphatic rings. The maximum Gasteiger partial charge on any atom is 0.335 e. The van der Waals surface area contributed by atoms with Gasteiger partial charge in [0.05, 0.1) is 22.3 Å². The molecule has 0 aliphatic heterocycles. The number of carbonyl (C=O) groups is 6. The summed E-state index contributed by atoms with van der Waals surface area (Å²) >= 11 is 0. The Morgan fingerprint density at radius 1 is 0.432 bits per heavy atom. The third kappa shape index (κ3) is 15.7. The first-order valence-corrected chi connectivity index (χ1v) is 10.9. The third-order valence-electron chi connectivity index (χ3n) is 4.52. The fraction of sp³-hybridized carbons (Fsp3) is 0.280. The maximum absolute atomic E-state index is 10.4. The number of aromatic carboxylic acids is 4. The van der Waals surface area contributed by atoms with E-state index >= 15 is 0 Å². The van der Waals surface area contributed by atoms with E-state index in [1.165, 1.54) is 42.5 Å². The average molecular weight is 520 g/mol. The van der Waals surface area contributed by atoms with Gasteiger partial charge in [-0.05, 0) is 55.3 Å². The van der Waals surface area contributed by atoms with Crippen LogP contribution in [0.1, 0.15) is 86.4 Å². The summed E-state index contributed by atoms with van der Waals surface area (Å²) in [5, 5.41) is 50.6. The van der Waals surface area contributed by atoms with E-state index in [0.717, 1.165) is 25.3 Å². The highest BCUT2D eigenvalue weighted by Crippen LogP contribution is 2.07. The maximum atomic E-state index is 10.4. The summed E-state index contributed by atoms with van der Waals surface area (Å²) in [5.74, 6) is -5.90. The van der Waals surface area contributed by atoms with Crippen LogP contribution in [0.3, 0.4) is 0 Å². The molecule has 37 heavy (non-hydrogen) atoms. The number of carboxylic acids is 6. The number of hydrogen-bond acceptors (Lipinski definition) is 6. The second kappa shape index (κ2) is 17.7. The van der Waals surface area contributed by atoms with Crippen molar-refractivity contribution >= 4 is 35.8 Å². The van der Waals surface area contributed by atoms with E-state index in [9.17, 15) is 28.8 Å². The topological polar surface area (TPSA) is 224 Å². The van der Waals surface area contributed by atoms with Crippen LogP contribution < -0.4 is 0 Å². The summed E-state index contributed by atoms with van der Waals surface area (Å²) in [4.78, 5) is 61.6. The number of carboxylic acid groups (broad SMARTS) is 6. The van der Waals surface area contributed by atoms with E-state index in [-0.39, 0.29) is 35.1 Å². The van der Waals surface area contributed by atoms with Gasteiger partial charge in [0.1, 0.15) is 0 Å². The lowest BCUT2D eigenvalue weighted by Crippen LogP contribution is -2.01. The molecule has 0 spiro atoms. The van der Waals surface area contributed by atoms with Gasteiger partial charge in [-0.2, -0.15) is 0 Å². The zero-order valence-corrected chi connectivity index (χ0v) is 19.7. The van der Waals surface area contributed by atoms with Crippen LogP contribution in [-0.4, -0.2) is 66.5 Å². The molecule has 0 bridgehead atoms. The number of benzene rings is 2. The summed E-state index contributed by atoms with van der Waals surface area (Å²) in [6.45, 7) is 0. The van der Waals surface area contributed by atoms with Gasteiger partial charge in [0.15, 0.2) is 0 Å². The predicted octanol–water partition coefficient (Wildman–Crippen LogP) is 4.05. The van der Waals surface area contributed by atoms with Gasteiger partial charge in [-0.25, -0.2) is 19.2 Å². The highest BCUT2D eigenvalue weighted by atomic mass is 16.4. The second-order valence-electron chi connectivity index (χ2n) is 7.43. The number of unbranched alkanes of at least 4 members (excludes halogenated alkanes) is 4. The van der Waals surface area contributed by atoms with Crippen molar-refractivity contribution < 1.29 is 59.4 Å². The van der Waals surface area contributed by atoms with Gasteiger partial charge in [-0.15, -0.1) is 0 Å². The second-order valence-corrected chi connectivity index (χ2v) is 7.43. The van der Waals surface area contributed by atoms with Gasteiger partial charge in [0.2, 0.25) is 0 Å². The van der Waals surface area contributed by atoms with Crippen LogP contribution in [0.15, 0.2) is 48.5 Å². The van der Waals surface area contributed by atoms with Gasteiger partial charge in [-0.1, -0.05) is 25.3 Å². The molecule has 0 saturated heterocycles. The molecule has 0 amide bonds. The molecule has 0 heterocycles. The first kappa shape index (κ1) is 32.3. The molecule has 0 radical (unpaired) electrons. The minimum Gasteiger partial charge on any atom is -0.481 e. The van der Waals surface area contributed by atoms with Crippen molar-refractivity contribution in [3.8, 4) is 0 Å². The Kier molecular flexibility index (Phi) is 15.4. The number of rotatable bonds is 12. The van der Waals surface area contributed by atoms with Gasteiger partial charge >= 0.3 is 35.8 Å².